The molecular formula is C12H27NO2S. The van der Waals surface area contributed by atoms with Gasteiger partial charge in [-0.2, -0.15) is 0 Å². The lowest BCUT2D eigenvalue weighted by atomic mass is 9.90. The first kappa shape index (κ1) is 15.9. The minimum Gasteiger partial charge on any atom is -0.315 e. The van der Waals surface area contributed by atoms with Crippen molar-refractivity contribution in [2.24, 2.45) is 5.41 Å². The first-order valence-electron chi connectivity index (χ1n) is 5.95. The van der Waals surface area contributed by atoms with Gasteiger partial charge >= 0.3 is 0 Å². The molecule has 0 rings (SSSR count). The van der Waals surface area contributed by atoms with E-state index in [1.54, 1.807) is 20.8 Å². The zero-order valence-corrected chi connectivity index (χ0v) is 12.4. The summed E-state index contributed by atoms with van der Waals surface area (Å²) in [6.45, 7) is 13.2. The van der Waals surface area contributed by atoms with E-state index in [-0.39, 0.29) is 11.2 Å². The Balaban J connectivity index is 4.03. The molecule has 0 atom stereocenters. The lowest BCUT2D eigenvalue weighted by Gasteiger charge is -2.24. The van der Waals surface area contributed by atoms with Gasteiger partial charge in [-0.05, 0) is 32.6 Å². The quantitative estimate of drug-likeness (QED) is 0.734. The van der Waals surface area contributed by atoms with Crippen LogP contribution in [0.25, 0.3) is 0 Å². The van der Waals surface area contributed by atoms with Crippen molar-refractivity contribution in [3.63, 3.8) is 0 Å². The maximum Gasteiger partial charge on any atom is 0.156 e. The van der Waals surface area contributed by atoms with Crippen molar-refractivity contribution in [1.82, 2.24) is 5.32 Å². The molecule has 0 radical (unpaired) electrons. The number of sulfone groups is 1. The Kier molecular flexibility index (Phi) is 5.47. The van der Waals surface area contributed by atoms with Crippen LogP contribution in [0.4, 0.5) is 0 Å². The molecule has 0 aliphatic heterocycles. The second kappa shape index (κ2) is 5.50. The molecule has 0 spiro atoms. The molecule has 1 N–H and O–H groups in total. The van der Waals surface area contributed by atoms with E-state index in [9.17, 15) is 8.42 Å². The van der Waals surface area contributed by atoms with E-state index in [0.717, 1.165) is 13.0 Å². The highest BCUT2D eigenvalue weighted by atomic mass is 32.2. The molecule has 4 heteroatoms. The molecular weight excluding hydrogens is 222 g/mol. The van der Waals surface area contributed by atoms with Crippen LogP contribution in [0.5, 0.6) is 0 Å². The smallest absolute Gasteiger partial charge is 0.156 e. The van der Waals surface area contributed by atoms with Crippen LogP contribution in [0.1, 0.15) is 48.0 Å². The standard InChI is InChI=1S/C12H27NO2S/c1-7-12(5,6)10-13-8-9-16(14,15)11(2,3)4/h13H,7-10H2,1-6H3. The zero-order valence-electron chi connectivity index (χ0n) is 11.6. The van der Waals surface area contributed by atoms with Gasteiger partial charge in [0.25, 0.3) is 0 Å². The lowest BCUT2D eigenvalue weighted by Crippen LogP contribution is -2.37. The molecule has 0 fully saturated rings. The van der Waals surface area contributed by atoms with Gasteiger partial charge in [0.2, 0.25) is 0 Å². The van der Waals surface area contributed by atoms with E-state index in [1.165, 1.54) is 0 Å². The Bertz CT molecular complexity index is 299. The molecule has 0 amide bonds. The second-order valence-electron chi connectivity index (χ2n) is 6.13. The highest BCUT2D eigenvalue weighted by Gasteiger charge is 2.28. The predicted octanol–water partition coefficient (Wildman–Crippen LogP) is 2.23. The van der Waals surface area contributed by atoms with Crippen molar-refractivity contribution in [3.8, 4) is 0 Å². The molecule has 0 saturated carbocycles. The summed E-state index contributed by atoms with van der Waals surface area (Å²) in [5.74, 6) is 0.219. The molecule has 0 unspecified atom stereocenters. The predicted molar refractivity (Wildman–Crippen MR) is 70.5 cm³/mol. The van der Waals surface area contributed by atoms with E-state index in [0.29, 0.717) is 6.54 Å². The van der Waals surface area contributed by atoms with Crippen LogP contribution in [0.3, 0.4) is 0 Å². The summed E-state index contributed by atoms with van der Waals surface area (Å²) in [7, 11) is -2.98. The lowest BCUT2D eigenvalue weighted by molar-refractivity contribution is 0.332. The first-order valence-corrected chi connectivity index (χ1v) is 7.60. The number of nitrogens with one attached hydrogen (secondary N) is 1. The third-order valence-corrected chi connectivity index (χ3v) is 5.65. The molecule has 98 valence electrons. The molecule has 3 nitrogen and oxygen atoms in total. The Morgan fingerprint density at radius 3 is 1.94 bits per heavy atom. The van der Waals surface area contributed by atoms with Gasteiger partial charge in [0, 0.05) is 13.1 Å². The van der Waals surface area contributed by atoms with Gasteiger partial charge < -0.3 is 5.32 Å². The number of hydrogen-bond acceptors (Lipinski definition) is 3. The van der Waals surface area contributed by atoms with Gasteiger partial charge in [-0.15, -0.1) is 0 Å². The fourth-order valence-corrected chi connectivity index (χ4v) is 2.09. The van der Waals surface area contributed by atoms with Crippen molar-refractivity contribution >= 4 is 9.84 Å². The van der Waals surface area contributed by atoms with E-state index < -0.39 is 14.6 Å². The molecule has 0 bridgehead atoms. The minimum atomic E-state index is -2.98. The van der Waals surface area contributed by atoms with Crippen molar-refractivity contribution < 1.29 is 8.42 Å². The summed E-state index contributed by atoms with van der Waals surface area (Å²) < 4.78 is 23.0. The summed E-state index contributed by atoms with van der Waals surface area (Å²) in [5.41, 5.74) is 0.242. The third kappa shape index (κ3) is 5.30. The van der Waals surface area contributed by atoms with Crippen LogP contribution in [0.2, 0.25) is 0 Å². The Hall–Kier alpha value is -0.0900. The van der Waals surface area contributed by atoms with Crippen LogP contribution >= 0.6 is 0 Å². The number of hydrogen-bond donors (Lipinski definition) is 1. The van der Waals surface area contributed by atoms with Gasteiger partial charge in [-0.25, -0.2) is 8.42 Å². The SMILES string of the molecule is CCC(C)(C)CNCCS(=O)(=O)C(C)(C)C. The van der Waals surface area contributed by atoms with Crippen LogP contribution in [0, 0.1) is 5.41 Å². The summed E-state index contributed by atoms with van der Waals surface area (Å²) in [5, 5.41) is 3.23. The zero-order chi connectivity index (χ0) is 13.0. The summed E-state index contributed by atoms with van der Waals surface area (Å²) in [4.78, 5) is 0. The maximum absolute atomic E-state index is 11.8. The maximum atomic E-state index is 11.8. The molecule has 0 aromatic carbocycles. The Morgan fingerprint density at radius 1 is 1.06 bits per heavy atom. The van der Waals surface area contributed by atoms with Crippen molar-refractivity contribution in [3.05, 3.63) is 0 Å². The highest BCUT2D eigenvalue weighted by Crippen LogP contribution is 2.18. The average molecular weight is 249 g/mol. The van der Waals surface area contributed by atoms with Gasteiger partial charge in [0.15, 0.2) is 9.84 Å². The fourth-order valence-electron chi connectivity index (χ4n) is 1.06. The van der Waals surface area contributed by atoms with E-state index in [4.69, 9.17) is 0 Å². The highest BCUT2D eigenvalue weighted by molar-refractivity contribution is 7.92. The van der Waals surface area contributed by atoms with Crippen molar-refractivity contribution in [2.45, 2.75) is 52.7 Å². The second-order valence-corrected chi connectivity index (χ2v) is 8.99. The minimum absolute atomic E-state index is 0.219. The van der Waals surface area contributed by atoms with Gasteiger partial charge in [0.05, 0.1) is 10.5 Å². The van der Waals surface area contributed by atoms with E-state index >= 15 is 0 Å². The van der Waals surface area contributed by atoms with Gasteiger partial charge in [0.1, 0.15) is 0 Å². The largest absolute Gasteiger partial charge is 0.315 e. The van der Waals surface area contributed by atoms with Crippen LogP contribution in [-0.4, -0.2) is 32.0 Å². The molecule has 16 heavy (non-hydrogen) atoms. The summed E-state index contributed by atoms with van der Waals surface area (Å²) >= 11 is 0. The average Bonchev–Trinajstić information content (AvgIpc) is 2.11. The molecule has 0 saturated heterocycles. The summed E-state index contributed by atoms with van der Waals surface area (Å²) in [6, 6.07) is 0. The first-order chi connectivity index (χ1) is 7.02. The van der Waals surface area contributed by atoms with Crippen molar-refractivity contribution in [2.75, 3.05) is 18.8 Å². The molecule has 0 aromatic rings. The number of rotatable bonds is 6. The van der Waals surface area contributed by atoms with Crippen LogP contribution < -0.4 is 5.32 Å². The fraction of sp³-hybridized carbons (Fsp3) is 1.00. The topological polar surface area (TPSA) is 46.2 Å². The monoisotopic (exact) mass is 249 g/mol. The van der Waals surface area contributed by atoms with Crippen LogP contribution in [-0.2, 0) is 9.84 Å². The molecule has 0 aromatic heterocycles. The Morgan fingerprint density at radius 2 is 1.56 bits per heavy atom. The third-order valence-electron chi connectivity index (χ3n) is 3.04. The van der Waals surface area contributed by atoms with E-state index in [2.05, 4.69) is 26.1 Å². The van der Waals surface area contributed by atoms with Crippen molar-refractivity contribution in [1.29, 1.82) is 0 Å². The van der Waals surface area contributed by atoms with Crippen LogP contribution in [0.15, 0.2) is 0 Å². The van der Waals surface area contributed by atoms with Gasteiger partial charge in [-0.3, -0.25) is 0 Å². The summed E-state index contributed by atoms with van der Waals surface area (Å²) in [6.07, 6.45) is 1.09. The normalized spacial score (nSPS) is 14.1. The molecule has 0 aliphatic rings. The Labute approximate surface area is 101 Å². The van der Waals surface area contributed by atoms with E-state index in [1.807, 2.05) is 0 Å². The molecule has 0 aliphatic carbocycles. The molecule has 0 heterocycles. The van der Waals surface area contributed by atoms with Gasteiger partial charge in [-0.1, -0.05) is 20.8 Å².